The number of Topliss-reactive ketones (excluding diaryl/α,β-unsaturated/α-hetero) is 1. The topological polar surface area (TPSA) is 17.1 Å². The van der Waals surface area contributed by atoms with Gasteiger partial charge < -0.3 is 0 Å². The fourth-order valence-corrected chi connectivity index (χ4v) is 2.15. The first-order valence-corrected chi connectivity index (χ1v) is 6.40. The number of halogens is 3. The van der Waals surface area contributed by atoms with Gasteiger partial charge in [-0.05, 0) is 37.9 Å². The second kappa shape index (κ2) is 5.27. The van der Waals surface area contributed by atoms with Crippen molar-refractivity contribution >= 4 is 53.6 Å². The van der Waals surface area contributed by atoms with Crippen LogP contribution in [0.4, 0.5) is 0 Å². The van der Waals surface area contributed by atoms with Crippen LogP contribution >= 0.6 is 47.8 Å². The number of ketones is 1. The van der Waals surface area contributed by atoms with Crippen LogP contribution in [0.15, 0.2) is 27.1 Å². The lowest BCUT2D eigenvalue weighted by Crippen LogP contribution is -2.00. The van der Waals surface area contributed by atoms with Gasteiger partial charge in [0.25, 0.3) is 0 Å². The van der Waals surface area contributed by atoms with Crippen molar-refractivity contribution < 1.29 is 4.79 Å². The molecule has 13 heavy (non-hydrogen) atoms. The molecule has 0 saturated heterocycles. The first-order valence-electron chi connectivity index (χ1n) is 3.70. The maximum absolute atomic E-state index is 11.5. The van der Waals surface area contributed by atoms with Crippen molar-refractivity contribution in [1.82, 2.24) is 0 Å². The molecule has 0 saturated carbocycles. The van der Waals surface area contributed by atoms with Crippen molar-refractivity contribution in [3.63, 3.8) is 0 Å². The van der Waals surface area contributed by atoms with Crippen LogP contribution in [0.25, 0.3) is 0 Å². The predicted molar refractivity (Wildman–Crippen MR) is 64.6 cm³/mol. The molecular formula is C9H7Br3O. The number of alkyl halides is 1. The third-order valence-corrected chi connectivity index (χ3v) is 4.02. The summed E-state index contributed by atoms with van der Waals surface area (Å²) in [6.07, 6.45) is 0.523. The van der Waals surface area contributed by atoms with Crippen molar-refractivity contribution in [2.24, 2.45) is 0 Å². The van der Waals surface area contributed by atoms with E-state index in [2.05, 4.69) is 47.8 Å². The molecule has 0 radical (unpaired) electrons. The summed E-state index contributed by atoms with van der Waals surface area (Å²) < 4.78 is 1.74. The average molecular weight is 371 g/mol. The zero-order chi connectivity index (χ0) is 9.84. The highest BCUT2D eigenvalue weighted by atomic mass is 79.9. The Kier molecular flexibility index (Phi) is 4.62. The van der Waals surface area contributed by atoms with Gasteiger partial charge in [0.1, 0.15) is 0 Å². The SMILES string of the molecule is O=C(CCBr)c1cccc(Br)c1Br. The maximum Gasteiger partial charge on any atom is 0.164 e. The van der Waals surface area contributed by atoms with Crippen molar-refractivity contribution in [2.45, 2.75) is 6.42 Å². The van der Waals surface area contributed by atoms with Gasteiger partial charge >= 0.3 is 0 Å². The predicted octanol–water partition coefficient (Wildman–Crippen LogP) is 4.18. The minimum Gasteiger partial charge on any atom is -0.294 e. The monoisotopic (exact) mass is 368 g/mol. The summed E-state index contributed by atoms with van der Waals surface area (Å²) in [6.45, 7) is 0. The van der Waals surface area contributed by atoms with E-state index in [4.69, 9.17) is 0 Å². The summed E-state index contributed by atoms with van der Waals surface area (Å²) in [4.78, 5) is 11.5. The van der Waals surface area contributed by atoms with E-state index in [9.17, 15) is 4.79 Å². The number of carbonyl (C=O) groups excluding carboxylic acids is 1. The van der Waals surface area contributed by atoms with Crippen molar-refractivity contribution in [1.29, 1.82) is 0 Å². The highest BCUT2D eigenvalue weighted by Crippen LogP contribution is 2.27. The van der Waals surface area contributed by atoms with E-state index >= 15 is 0 Å². The molecule has 0 heterocycles. The minimum absolute atomic E-state index is 0.144. The lowest BCUT2D eigenvalue weighted by Gasteiger charge is -2.03. The van der Waals surface area contributed by atoms with Gasteiger partial charge in [0, 0.05) is 26.3 Å². The Morgan fingerprint density at radius 3 is 2.62 bits per heavy atom. The molecule has 0 bridgehead atoms. The Morgan fingerprint density at radius 1 is 1.31 bits per heavy atom. The number of hydrogen-bond acceptors (Lipinski definition) is 1. The Labute approximate surface area is 102 Å². The summed E-state index contributed by atoms with van der Waals surface area (Å²) in [6, 6.07) is 5.57. The van der Waals surface area contributed by atoms with Gasteiger partial charge in [-0.25, -0.2) is 0 Å². The van der Waals surface area contributed by atoms with E-state index in [0.717, 1.165) is 14.5 Å². The number of carbonyl (C=O) groups is 1. The fourth-order valence-electron chi connectivity index (χ4n) is 0.940. The van der Waals surface area contributed by atoms with Crippen molar-refractivity contribution in [3.05, 3.63) is 32.7 Å². The van der Waals surface area contributed by atoms with Gasteiger partial charge in [-0.3, -0.25) is 4.79 Å². The summed E-state index contributed by atoms with van der Waals surface area (Å²) in [5.41, 5.74) is 0.730. The highest BCUT2D eigenvalue weighted by Gasteiger charge is 2.10. The molecule has 0 aliphatic carbocycles. The van der Waals surface area contributed by atoms with Crippen LogP contribution in [0.5, 0.6) is 0 Å². The molecule has 0 atom stereocenters. The molecule has 1 rings (SSSR count). The normalized spacial score (nSPS) is 10.1. The molecule has 1 aromatic carbocycles. The Hall–Kier alpha value is 0.330. The van der Waals surface area contributed by atoms with Crippen LogP contribution in [0, 0.1) is 0 Å². The van der Waals surface area contributed by atoms with E-state index in [1.807, 2.05) is 18.2 Å². The molecule has 0 aliphatic rings. The smallest absolute Gasteiger partial charge is 0.164 e. The lowest BCUT2D eigenvalue weighted by atomic mass is 10.1. The largest absolute Gasteiger partial charge is 0.294 e. The van der Waals surface area contributed by atoms with E-state index in [1.54, 1.807) is 0 Å². The summed E-state index contributed by atoms with van der Waals surface area (Å²) in [5.74, 6) is 0.144. The minimum atomic E-state index is 0.144. The molecular weight excluding hydrogens is 364 g/mol. The van der Waals surface area contributed by atoms with Crippen LogP contribution in [0.1, 0.15) is 16.8 Å². The number of rotatable bonds is 3. The molecule has 1 nitrogen and oxygen atoms in total. The summed E-state index contributed by atoms with van der Waals surface area (Å²) >= 11 is 9.96. The van der Waals surface area contributed by atoms with E-state index in [0.29, 0.717) is 11.8 Å². The van der Waals surface area contributed by atoms with Crippen LogP contribution in [0.3, 0.4) is 0 Å². The van der Waals surface area contributed by atoms with Crippen LogP contribution in [0.2, 0.25) is 0 Å². The van der Waals surface area contributed by atoms with Gasteiger partial charge in [-0.2, -0.15) is 0 Å². The summed E-state index contributed by atoms with van der Waals surface area (Å²) in [5, 5.41) is 0.699. The Bertz CT molecular complexity index is 323. The third kappa shape index (κ3) is 2.89. The van der Waals surface area contributed by atoms with Gasteiger partial charge in [0.2, 0.25) is 0 Å². The molecule has 0 spiro atoms. The summed E-state index contributed by atoms with van der Waals surface area (Å²) in [7, 11) is 0. The Balaban J connectivity index is 3.01. The lowest BCUT2D eigenvalue weighted by molar-refractivity contribution is 0.0989. The second-order valence-corrected chi connectivity index (χ2v) is 4.90. The van der Waals surface area contributed by atoms with Crippen LogP contribution in [-0.2, 0) is 0 Å². The van der Waals surface area contributed by atoms with E-state index < -0.39 is 0 Å². The zero-order valence-corrected chi connectivity index (χ0v) is 11.4. The highest BCUT2D eigenvalue weighted by molar-refractivity contribution is 9.13. The molecule has 4 heteroatoms. The van der Waals surface area contributed by atoms with Gasteiger partial charge in [-0.15, -0.1) is 0 Å². The van der Waals surface area contributed by atoms with Gasteiger partial charge in [0.05, 0.1) is 0 Å². The molecule has 0 unspecified atom stereocenters. The van der Waals surface area contributed by atoms with Crippen molar-refractivity contribution in [3.8, 4) is 0 Å². The van der Waals surface area contributed by atoms with Crippen molar-refractivity contribution in [2.75, 3.05) is 5.33 Å². The first-order chi connectivity index (χ1) is 6.16. The number of benzene rings is 1. The average Bonchev–Trinajstić information content (AvgIpc) is 2.10. The second-order valence-electron chi connectivity index (χ2n) is 2.46. The molecule has 0 aromatic heterocycles. The molecule has 0 fully saturated rings. The van der Waals surface area contributed by atoms with Gasteiger partial charge in [0.15, 0.2) is 5.78 Å². The first kappa shape index (κ1) is 11.4. The third-order valence-electron chi connectivity index (χ3n) is 1.57. The molecule has 0 aliphatic heterocycles. The van der Waals surface area contributed by atoms with Crippen LogP contribution < -0.4 is 0 Å². The quantitative estimate of drug-likeness (QED) is 0.576. The molecule has 70 valence electrons. The number of hydrogen-bond donors (Lipinski definition) is 0. The standard InChI is InChI=1S/C9H7Br3O/c10-5-4-8(13)6-2-1-3-7(11)9(6)12/h1-3H,4-5H2. The maximum atomic E-state index is 11.5. The molecule has 0 N–H and O–H groups in total. The Morgan fingerprint density at radius 2 is 2.00 bits per heavy atom. The fraction of sp³-hybridized carbons (Fsp3) is 0.222. The molecule has 1 aromatic rings. The van der Waals surface area contributed by atoms with E-state index in [-0.39, 0.29) is 5.78 Å². The van der Waals surface area contributed by atoms with Gasteiger partial charge in [-0.1, -0.05) is 28.1 Å². The van der Waals surface area contributed by atoms with Crippen LogP contribution in [-0.4, -0.2) is 11.1 Å². The zero-order valence-electron chi connectivity index (χ0n) is 6.69. The van der Waals surface area contributed by atoms with E-state index in [1.165, 1.54) is 0 Å². The molecule has 0 amide bonds.